The van der Waals surface area contributed by atoms with Crippen LogP contribution in [0.25, 0.3) is 0 Å². The Morgan fingerprint density at radius 3 is 0.628 bits per heavy atom. The Labute approximate surface area is 295 Å². The largest absolute Gasteiger partial charge is 3.00 e. The molecule has 0 spiro atoms. The Kier molecular flexibility index (Phi) is 18.6. The van der Waals surface area contributed by atoms with E-state index < -0.39 is 0 Å². The number of hydrogen-bond donors (Lipinski definition) is 0. The van der Waals surface area contributed by atoms with E-state index in [1.54, 1.807) is 50.1 Å². The fourth-order valence-corrected chi connectivity index (χ4v) is 6.60. The smallest absolute Gasteiger partial charge is 0.210 e. The molecule has 0 aliphatic carbocycles. The molecule has 0 aromatic heterocycles. The molecular formula is C42H69Y. The summed E-state index contributed by atoms with van der Waals surface area (Å²) in [5, 5.41) is 0. The Balaban J connectivity index is 0.000000608. The number of rotatable bonds is 9. The molecule has 0 amide bonds. The topological polar surface area (TPSA) is 0 Å². The summed E-state index contributed by atoms with van der Waals surface area (Å²) in [5.41, 5.74) is 14.0. The summed E-state index contributed by atoms with van der Waals surface area (Å²) in [6.07, 6.45) is 0. The van der Waals surface area contributed by atoms with Gasteiger partial charge in [-0.3, -0.25) is 0 Å². The van der Waals surface area contributed by atoms with Crippen LogP contribution in [0.1, 0.15) is 228 Å². The van der Waals surface area contributed by atoms with Gasteiger partial charge in [-0.25, -0.2) is 18.2 Å². The summed E-state index contributed by atoms with van der Waals surface area (Å²) in [4.78, 5) is 0. The quantitative estimate of drug-likeness (QED) is 0.200. The van der Waals surface area contributed by atoms with Gasteiger partial charge >= 0.3 is 32.7 Å². The van der Waals surface area contributed by atoms with Crippen molar-refractivity contribution in [1.82, 2.24) is 0 Å². The van der Waals surface area contributed by atoms with Crippen LogP contribution >= 0.6 is 0 Å². The third-order valence-corrected chi connectivity index (χ3v) is 8.66. The van der Waals surface area contributed by atoms with Crippen molar-refractivity contribution in [3.05, 3.63) is 86.5 Å². The van der Waals surface area contributed by atoms with E-state index in [1.807, 2.05) is 0 Å². The summed E-state index contributed by atoms with van der Waals surface area (Å²) in [6.45, 7) is 41.2. The van der Waals surface area contributed by atoms with Gasteiger partial charge in [-0.2, -0.15) is 68.3 Å². The molecule has 3 aromatic rings. The van der Waals surface area contributed by atoms with E-state index >= 15 is 0 Å². The van der Waals surface area contributed by atoms with Gasteiger partial charge in [0.25, 0.3) is 0 Å². The Bertz CT molecular complexity index is 939. The van der Waals surface area contributed by atoms with Crippen molar-refractivity contribution in [2.45, 2.75) is 178 Å². The third-order valence-electron chi connectivity index (χ3n) is 8.66. The van der Waals surface area contributed by atoms with Crippen LogP contribution in [0.4, 0.5) is 0 Å². The Morgan fingerprint density at radius 2 is 0.512 bits per heavy atom. The van der Waals surface area contributed by atoms with Crippen LogP contribution in [-0.4, -0.2) is 0 Å². The van der Waals surface area contributed by atoms with Crippen molar-refractivity contribution in [2.75, 3.05) is 0 Å². The van der Waals surface area contributed by atoms with Crippen molar-refractivity contribution in [3.63, 3.8) is 0 Å². The van der Waals surface area contributed by atoms with E-state index in [-0.39, 0.29) is 32.7 Å². The van der Waals surface area contributed by atoms with Crippen molar-refractivity contribution in [3.8, 4) is 0 Å². The van der Waals surface area contributed by atoms with Gasteiger partial charge in [0.15, 0.2) is 0 Å². The van der Waals surface area contributed by atoms with Gasteiger partial charge in [0, 0.05) is 0 Å². The normalized spacial score (nSPS) is 11.8. The first-order valence-corrected chi connectivity index (χ1v) is 17.2. The van der Waals surface area contributed by atoms with Gasteiger partial charge in [-0.15, -0.1) is 0 Å². The van der Waals surface area contributed by atoms with Crippen LogP contribution in [-0.2, 0) is 32.7 Å². The molecule has 0 N–H and O–H groups in total. The van der Waals surface area contributed by atoms with Crippen LogP contribution in [0.2, 0.25) is 0 Å². The molecule has 43 heavy (non-hydrogen) atoms. The average Bonchev–Trinajstić information content (AvgIpc) is 3.61. The van der Waals surface area contributed by atoms with Crippen LogP contribution < -0.4 is 0 Å². The maximum atomic E-state index is 2.31. The number of hydrogen-bond acceptors (Lipinski definition) is 0. The standard InChI is InChI=1S/3C14H23.Y/c3*1-9(2)12-7-8-13(10(3)4)14(12)11(5)6;/h3*7-11H,1-6H3;/q3*-1;+3. The van der Waals surface area contributed by atoms with E-state index in [2.05, 4.69) is 161 Å². The Hall–Kier alpha value is -0.846. The van der Waals surface area contributed by atoms with Gasteiger partial charge in [-0.1, -0.05) is 160 Å². The third kappa shape index (κ3) is 11.5. The molecule has 0 aliphatic rings. The zero-order chi connectivity index (χ0) is 32.6. The summed E-state index contributed by atoms with van der Waals surface area (Å²) in [7, 11) is 0. The molecule has 1 heteroatoms. The van der Waals surface area contributed by atoms with E-state index in [4.69, 9.17) is 0 Å². The van der Waals surface area contributed by atoms with E-state index in [9.17, 15) is 0 Å². The van der Waals surface area contributed by atoms with Crippen LogP contribution in [0, 0.1) is 0 Å². The monoisotopic (exact) mass is 662 g/mol. The molecule has 0 nitrogen and oxygen atoms in total. The van der Waals surface area contributed by atoms with Gasteiger partial charge in [-0.05, 0) is 17.8 Å². The minimum Gasteiger partial charge on any atom is -0.210 e. The van der Waals surface area contributed by atoms with Crippen molar-refractivity contribution < 1.29 is 32.7 Å². The molecule has 3 aromatic carbocycles. The average molecular weight is 663 g/mol. The van der Waals surface area contributed by atoms with Crippen molar-refractivity contribution in [2.24, 2.45) is 0 Å². The minimum atomic E-state index is 0. The molecule has 0 atom stereocenters. The second-order valence-corrected chi connectivity index (χ2v) is 15.4. The van der Waals surface area contributed by atoms with Crippen molar-refractivity contribution in [1.29, 1.82) is 0 Å². The van der Waals surface area contributed by atoms with Gasteiger partial charge in [0.05, 0.1) is 0 Å². The Morgan fingerprint density at radius 1 is 0.326 bits per heavy atom. The van der Waals surface area contributed by atoms with Crippen LogP contribution in [0.5, 0.6) is 0 Å². The molecule has 0 aliphatic heterocycles. The molecule has 0 heterocycles. The van der Waals surface area contributed by atoms with Gasteiger partial charge in [0.1, 0.15) is 0 Å². The first-order valence-electron chi connectivity index (χ1n) is 17.2. The fourth-order valence-electron chi connectivity index (χ4n) is 6.60. The van der Waals surface area contributed by atoms with E-state index in [0.717, 1.165) is 0 Å². The molecule has 0 unspecified atom stereocenters. The zero-order valence-corrected chi connectivity index (χ0v) is 34.6. The summed E-state index contributed by atoms with van der Waals surface area (Å²) < 4.78 is 0. The second kappa shape index (κ2) is 19.0. The molecule has 0 saturated heterocycles. The molecule has 0 radical (unpaired) electrons. The SMILES string of the molecule is CC(C)c1cc[c-](C(C)C)c1C(C)C.CC(C)c1cc[c-](C(C)C)c1C(C)C.CC(C)c1cc[c-](C(C)C)c1C(C)C.[Y+3]. The maximum Gasteiger partial charge on any atom is 3.00 e. The summed E-state index contributed by atoms with van der Waals surface area (Å²) >= 11 is 0. The van der Waals surface area contributed by atoms with Crippen LogP contribution in [0.15, 0.2) is 36.4 Å². The van der Waals surface area contributed by atoms with Crippen molar-refractivity contribution >= 4 is 0 Å². The first kappa shape index (κ1) is 42.2. The molecular weight excluding hydrogens is 593 g/mol. The maximum absolute atomic E-state index is 2.31. The minimum absolute atomic E-state index is 0. The molecule has 0 saturated carbocycles. The van der Waals surface area contributed by atoms with Gasteiger partial charge < -0.3 is 0 Å². The molecule has 0 bridgehead atoms. The molecule has 3 rings (SSSR count). The predicted octanol–water partition coefficient (Wildman–Crippen LogP) is 14.3. The first-order chi connectivity index (χ1) is 19.3. The zero-order valence-electron chi connectivity index (χ0n) is 31.7. The molecule has 0 fully saturated rings. The second-order valence-electron chi connectivity index (χ2n) is 15.4. The molecule has 240 valence electrons. The summed E-state index contributed by atoms with van der Waals surface area (Å²) in [5.74, 6) is 5.87. The van der Waals surface area contributed by atoms with Gasteiger partial charge in [0.2, 0.25) is 0 Å². The van der Waals surface area contributed by atoms with Crippen LogP contribution in [0.3, 0.4) is 0 Å². The summed E-state index contributed by atoms with van der Waals surface area (Å²) in [6, 6.07) is 13.9. The van der Waals surface area contributed by atoms with E-state index in [1.165, 1.54) is 0 Å². The van der Waals surface area contributed by atoms with E-state index in [0.29, 0.717) is 53.3 Å². The fraction of sp³-hybridized carbons (Fsp3) is 0.643. The predicted molar refractivity (Wildman–Crippen MR) is 193 cm³/mol.